The van der Waals surface area contributed by atoms with Crippen molar-refractivity contribution in [2.45, 2.75) is 12.6 Å². The molecule has 1 heterocycles. The van der Waals surface area contributed by atoms with Crippen molar-refractivity contribution in [3.63, 3.8) is 0 Å². The Morgan fingerprint density at radius 1 is 1.27 bits per heavy atom. The van der Waals surface area contributed by atoms with Crippen LogP contribution in [0.1, 0.15) is 15.2 Å². The Balaban J connectivity index is 1.83. The number of aliphatic hydroxyl groups excluding tert-OH is 1. The highest BCUT2D eigenvalue weighted by atomic mass is 32.1. The molecule has 0 fully saturated rings. The molecule has 3 rings (SSSR count). The molecule has 4 N–H and O–H groups in total. The lowest BCUT2D eigenvalue weighted by atomic mass is 9.94. The van der Waals surface area contributed by atoms with E-state index in [-0.39, 0.29) is 28.6 Å². The summed E-state index contributed by atoms with van der Waals surface area (Å²) in [7, 11) is 3.17. The minimum Gasteiger partial charge on any atom is -0.505 e. The van der Waals surface area contributed by atoms with Crippen molar-refractivity contribution in [1.82, 2.24) is 10.2 Å². The molecule has 1 aromatic carbocycles. The fourth-order valence-electron chi connectivity index (χ4n) is 2.56. The quantitative estimate of drug-likeness (QED) is 0.573. The van der Waals surface area contributed by atoms with Crippen LogP contribution in [-0.2, 0) is 11.3 Å². The fourth-order valence-corrected chi connectivity index (χ4v) is 3.21. The first kappa shape index (κ1) is 18.0. The number of hydrogen-bond donors (Lipinski definition) is 4. The highest BCUT2D eigenvalue weighted by Gasteiger charge is 2.38. The monoisotopic (exact) mass is 373 g/mol. The molecule has 0 aliphatic heterocycles. The molecule has 1 atom stereocenters. The molecule has 0 spiro atoms. The number of phenolic OH excluding ortho intramolecular Hbond substituents is 1. The molecule has 1 aromatic heterocycles. The van der Waals surface area contributed by atoms with Crippen LogP contribution in [0, 0.1) is 0 Å². The second-order valence-corrected chi connectivity index (χ2v) is 7.05. The van der Waals surface area contributed by atoms with Crippen molar-refractivity contribution in [1.29, 1.82) is 0 Å². The number of hydrogen-bond acceptors (Lipinski definition) is 7. The Morgan fingerprint density at radius 2 is 2.04 bits per heavy atom. The third-order valence-corrected chi connectivity index (χ3v) is 4.88. The smallest absolute Gasteiger partial charge is 0.257 e. The highest BCUT2D eigenvalue weighted by Crippen LogP contribution is 2.32. The molecule has 7 nitrogen and oxygen atoms in total. The summed E-state index contributed by atoms with van der Waals surface area (Å²) in [5, 5.41) is 28.1. The lowest BCUT2D eigenvalue weighted by molar-refractivity contribution is -0.124. The van der Waals surface area contributed by atoms with Gasteiger partial charge in [-0.15, -0.1) is 11.3 Å². The summed E-state index contributed by atoms with van der Waals surface area (Å²) in [6.45, 7) is 0.480. The Bertz CT molecular complexity index is 875. The zero-order valence-corrected chi connectivity index (χ0v) is 15.1. The number of nitrogens with one attached hydrogen (secondary N) is 2. The number of phenols is 1. The van der Waals surface area contributed by atoms with Gasteiger partial charge in [0, 0.05) is 25.5 Å². The normalized spacial score (nSPS) is 16.3. The van der Waals surface area contributed by atoms with Crippen LogP contribution in [-0.4, -0.2) is 47.0 Å². The topological polar surface area (TPSA) is 102 Å². The van der Waals surface area contributed by atoms with E-state index < -0.39 is 11.9 Å². The molecule has 0 saturated heterocycles. The summed E-state index contributed by atoms with van der Waals surface area (Å²) in [6.07, 6.45) is -1.22. The minimum atomic E-state index is -1.22. The van der Waals surface area contributed by atoms with Crippen LogP contribution in [0.25, 0.3) is 0 Å². The summed E-state index contributed by atoms with van der Waals surface area (Å²) in [5.41, 5.74) is 0.898. The van der Waals surface area contributed by atoms with Crippen molar-refractivity contribution in [2.75, 3.05) is 19.4 Å². The number of benzene rings is 1. The molecule has 1 aliphatic carbocycles. The molecule has 1 aliphatic rings. The van der Waals surface area contributed by atoms with E-state index in [2.05, 4.69) is 10.6 Å². The third kappa shape index (κ3) is 3.29. The van der Waals surface area contributed by atoms with Gasteiger partial charge in [0.25, 0.3) is 5.91 Å². The van der Waals surface area contributed by atoms with Gasteiger partial charge in [-0.25, -0.2) is 0 Å². The van der Waals surface area contributed by atoms with Gasteiger partial charge in [-0.2, -0.15) is 0 Å². The zero-order chi connectivity index (χ0) is 18.8. The predicted molar refractivity (Wildman–Crippen MR) is 98.9 cm³/mol. The average Bonchev–Trinajstić information content (AvgIpc) is 3.14. The van der Waals surface area contributed by atoms with Crippen molar-refractivity contribution in [3.8, 4) is 5.75 Å². The molecule has 0 radical (unpaired) electrons. The number of nitrogens with zero attached hydrogens (tertiary/aromatic N) is 1. The average molecular weight is 373 g/mol. The van der Waals surface area contributed by atoms with E-state index in [1.165, 1.54) is 11.0 Å². The van der Waals surface area contributed by atoms with Gasteiger partial charge in [-0.1, -0.05) is 12.1 Å². The van der Waals surface area contributed by atoms with E-state index in [1.54, 1.807) is 37.6 Å². The van der Waals surface area contributed by atoms with Crippen LogP contribution < -0.4 is 10.6 Å². The molecule has 1 unspecified atom stereocenters. The lowest BCUT2D eigenvalue weighted by Crippen LogP contribution is -2.45. The van der Waals surface area contributed by atoms with E-state index in [1.807, 2.05) is 17.5 Å². The first-order chi connectivity index (χ1) is 12.4. The number of rotatable bonds is 6. The van der Waals surface area contributed by atoms with Crippen LogP contribution in [0.15, 0.2) is 47.1 Å². The Hall–Kier alpha value is -2.84. The lowest BCUT2D eigenvalue weighted by Gasteiger charge is -2.29. The van der Waals surface area contributed by atoms with Gasteiger partial charge in [0.05, 0.1) is 16.9 Å². The van der Waals surface area contributed by atoms with Gasteiger partial charge in [-0.05, 0) is 23.6 Å². The largest absolute Gasteiger partial charge is 0.505 e. The molecular formula is C18H19N3O4S. The Labute approximate surface area is 154 Å². The van der Waals surface area contributed by atoms with Crippen molar-refractivity contribution in [3.05, 3.63) is 57.5 Å². The SMILES string of the molecule is CN(C)C(=O)c1cccc(NC2=C(NCc3cccs3)C(O)C2=O)c1O. The van der Waals surface area contributed by atoms with Gasteiger partial charge < -0.3 is 25.7 Å². The number of amides is 1. The van der Waals surface area contributed by atoms with Crippen LogP contribution in [0.5, 0.6) is 5.75 Å². The standard InChI is InChI=1S/C18H19N3O4S/c1-21(2)18(25)11-6-3-7-12(15(11)22)20-14-13(16(23)17(14)24)19-9-10-5-4-8-26-10/h3-8,16,19-20,22-23H,9H2,1-2H3. The van der Waals surface area contributed by atoms with Crippen molar-refractivity contribution < 1.29 is 19.8 Å². The summed E-state index contributed by atoms with van der Waals surface area (Å²) in [4.78, 5) is 26.5. The number of carbonyl (C=O) groups excluding carboxylic acids is 2. The van der Waals surface area contributed by atoms with Gasteiger partial charge in [0.1, 0.15) is 5.70 Å². The second-order valence-electron chi connectivity index (χ2n) is 6.01. The third-order valence-electron chi connectivity index (χ3n) is 4.00. The Morgan fingerprint density at radius 3 is 2.69 bits per heavy atom. The van der Waals surface area contributed by atoms with Crippen LogP contribution >= 0.6 is 11.3 Å². The molecule has 2 aromatic rings. The van der Waals surface area contributed by atoms with Crippen molar-refractivity contribution >= 4 is 28.7 Å². The molecular weight excluding hydrogens is 354 g/mol. The fraction of sp³-hybridized carbons (Fsp3) is 0.222. The number of carbonyl (C=O) groups is 2. The van der Waals surface area contributed by atoms with E-state index in [0.29, 0.717) is 12.2 Å². The van der Waals surface area contributed by atoms with Crippen LogP contribution in [0.3, 0.4) is 0 Å². The number of aromatic hydroxyl groups is 1. The van der Waals surface area contributed by atoms with E-state index in [0.717, 1.165) is 4.88 Å². The summed E-state index contributed by atoms with van der Waals surface area (Å²) >= 11 is 1.56. The number of thiophene rings is 1. The first-order valence-corrected chi connectivity index (χ1v) is 8.81. The molecule has 1 amide bonds. The molecule has 136 valence electrons. The van der Waals surface area contributed by atoms with Gasteiger partial charge in [-0.3, -0.25) is 9.59 Å². The molecule has 0 saturated carbocycles. The maximum absolute atomic E-state index is 12.1. The van der Waals surface area contributed by atoms with E-state index in [9.17, 15) is 19.8 Å². The summed E-state index contributed by atoms with van der Waals surface area (Å²) in [6, 6.07) is 8.54. The number of anilines is 1. The number of Topliss-reactive ketones (excluding diaryl/α,β-unsaturated/α-hetero) is 1. The van der Waals surface area contributed by atoms with Gasteiger partial charge in [0.2, 0.25) is 5.78 Å². The first-order valence-electron chi connectivity index (χ1n) is 7.93. The molecule has 8 heteroatoms. The maximum Gasteiger partial charge on any atom is 0.257 e. The number of para-hydroxylation sites is 1. The number of ketones is 1. The second kappa shape index (κ2) is 7.19. The van der Waals surface area contributed by atoms with E-state index in [4.69, 9.17) is 0 Å². The van der Waals surface area contributed by atoms with Crippen LogP contribution in [0.4, 0.5) is 5.69 Å². The predicted octanol–water partition coefficient (Wildman–Crippen LogP) is 1.51. The van der Waals surface area contributed by atoms with Gasteiger partial charge >= 0.3 is 0 Å². The molecule has 0 bridgehead atoms. The number of aliphatic hydroxyl groups is 1. The Kier molecular flexibility index (Phi) is 4.97. The zero-order valence-electron chi connectivity index (χ0n) is 14.3. The van der Waals surface area contributed by atoms with Crippen LogP contribution in [0.2, 0.25) is 0 Å². The molecule has 26 heavy (non-hydrogen) atoms. The minimum absolute atomic E-state index is 0.126. The highest BCUT2D eigenvalue weighted by molar-refractivity contribution is 7.09. The van der Waals surface area contributed by atoms with Gasteiger partial charge in [0.15, 0.2) is 11.9 Å². The summed E-state index contributed by atoms with van der Waals surface area (Å²) < 4.78 is 0. The van der Waals surface area contributed by atoms with E-state index >= 15 is 0 Å². The summed E-state index contributed by atoms with van der Waals surface area (Å²) in [5.74, 6) is -1.07. The maximum atomic E-state index is 12.1. The van der Waals surface area contributed by atoms with Crippen molar-refractivity contribution in [2.24, 2.45) is 0 Å².